The Morgan fingerprint density at radius 3 is 2.78 bits per heavy atom. The molecule has 1 aromatic rings. The summed E-state index contributed by atoms with van der Waals surface area (Å²) in [6, 6.07) is 8.33. The van der Waals surface area contributed by atoms with Crippen LogP contribution in [-0.2, 0) is 6.54 Å². The van der Waals surface area contributed by atoms with Crippen LogP contribution < -0.4 is 15.4 Å². The Balaban J connectivity index is 2.68. The summed E-state index contributed by atoms with van der Waals surface area (Å²) in [7, 11) is 1.67. The molecule has 1 aromatic carbocycles. The second-order valence-electron chi connectivity index (χ2n) is 4.35. The Bertz CT molecular complexity index is 388. The molecule has 0 aliphatic rings. The first kappa shape index (κ1) is 14.4. The van der Waals surface area contributed by atoms with Crippen molar-refractivity contribution < 1.29 is 4.74 Å². The average molecular weight is 249 g/mol. The molecule has 0 bridgehead atoms. The van der Waals surface area contributed by atoms with E-state index < -0.39 is 0 Å². The van der Waals surface area contributed by atoms with Crippen LogP contribution in [0, 0.1) is 0 Å². The van der Waals surface area contributed by atoms with Gasteiger partial charge in [0.25, 0.3) is 0 Å². The van der Waals surface area contributed by atoms with Crippen LogP contribution in [-0.4, -0.2) is 25.7 Å². The first-order valence-corrected chi connectivity index (χ1v) is 6.33. The van der Waals surface area contributed by atoms with Gasteiger partial charge in [-0.15, -0.1) is 0 Å². The van der Waals surface area contributed by atoms with Crippen molar-refractivity contribution in [1.82, 2.24) is 10.6 Å². The zero-order chi connectivity index (χ0) is 13.4. The first-order chi connectivity index (χ1) is 8.65. The van der Waals surface area contributed by atoms with Crippen LogP contribution in [0.5, 0.6) is 5.75 Å². The molecule has 0 amide bonds. The van der Waals surface area contributed by atoms with Crippen molar-refractivity contribution in [1.29, 1.82) is 0 Å². The molecule has 1 rings (SSSR count). The number of methoxy groups -OCH3 is 1. The lowest BCUT2D eigenvalue weighted by atomic mass is 10.2. The number of hydrogen-bond acceptors (Lipinski definition) is 2. The molecule has 0 fully saturated rings. The van der Waals surface area contributed by atoms with Crippen LogP contribution in [0.1, 0.15) is 26.3 Å². The van der Waals surface area contributed by atoms with E-state index in [2.05, 4.69) is 36.4 Å². The SMILES string of the molecule is CCNC(=NCc1cccc(OC)c1)NC(C)C. The van der Waals surface area contributed by atoms with Gasteiger partial charge in [-0.1, -0.05) is 12.1 Å². The number of nitrogens with one attached hydrogen (secondary N) is 2. The zero-order valence-corrected chi connectivity index (χ0v) is 11.7. The van der Waals surface area contributed by atoms with E-state index in [4.69, 9.17) is 4.74 Å². The molecule has 0 unspecified atom stereocenters. The summed E-state index contributed by atoms with van der Waals surface area (Å²) < 4.78 is 5.19. The van der Waals surface area contributed by atoms with Crippen LogP contribution in [0.3, 0.4) is 0 Å². The van der Waals surface area contributed by atoms with Crippen LogP contribution >= 0.6 is 0 Å². The van der Waals surface area contributed by atoms with Gasteiger partial charge < -0.3 is 15.4 Å². The molecule has 0 aliphatic heterocycles. The number of guanidine groups is 1. The second kappa shape index (κ2) is 7.58. The van der Waals surface area contributed by atoms with Crippen molar-refractivity contribution in [3.8, 4) is 5.75 Å². The van der Waals surface area contributed by atoms with E-state index in [1.807, 2.05) is 24.3 Å². The molecule has 18 heavy (non-hydrogen) atoms. The van der Waals surface area contributed by atoms with E-state index in [0.717, 1.165) is 23.8 Å². The van der Waals surface area contributed by atoms with E-state index in [1.165, 1.54) is 0 Å². The summed E-state index contributed by atoms with van der Waals surface area (Å²) in [5.41, 5.74) is 1.13. The molecule has 0 aliphatic carbocycles. The van der Waals surface area contributed by atoms with E-state index in [9.17, 15) is 0 Å². The molecule has 0 spiro atoms. The Hall–Kier alpha value is -1.71. The van der Waals surface area contributed by atoms with Gasteiger partial charge in [0.1, 0.15) is 5.75 Å². The highest BCUT2D eigenvalue weighted by Crippen LogP contribution is 2.13. The van der Waals surface area contributed by atoms with Gasteiger partial charge in [0.05, 0.1) is 13.7 Å². The number of benzene rings is 1. The highest BCUT2D eigenvalue weighted by atomic mass is 16.5. The Morgan fingerprint density at radius 2 is 2.17 bits per heavy atom. The normalized spacial score (nSPS) is 11.5. The molecule has 4 nitrogen and oxygen atoms in total. The zero-order valence-electron chi connectivity index (χ0n) is 11.7. The third-order valence-electron chi connectivity index (χ3n) is 2.32. The van der Waals surface area contributed by atoms with Gasteiger partial charge >= 0.3 is 0 Å². The molecule has 4 heteroatoms. The maximum Gasteiger partial charge on any atom is 0.191 e. The van der Waals surface area contributed by atoms with Crippen molar-refractivity contribution in [2.75, 3.05) is 13.7 Å². The van der Waals surface area contributed by atoms with Crippen LogP contribution in [0.15, 0.2) is 29.3 Å². The topological polar surface area (TPSA) is 45.7 Å². The van der Waals surface area contributed by atoms with Gasteiger partial charge in [-0.25, -0.2) is 4.99 Å². The Kier molecular flexibility index (Phi) is 6.05. The Morgan fingerprint density at radius 1 is 1.39 bits per heavy atom. The lowest BCUT2D eigenvalue weighted by Crippen LogP contribution is -2.40. The molecule has 0 atom stereocenters. The highest BCUT2D eigenvalue weighted by Gasteiger charge is 2.00. The number of nitrogens with zero attached hydrogens (tertiary/aromatic N) is 1. The third kappa shape index (κ3) is 5.08. The summed E-state index contributed by atoms with van der Waals surface area (Å²) in [4.78, 5) is 4.54. The summed E-state index contributed by atoms with van der Waals surface area (Å²) >= 11 is 0. The molecular formula is C14H23N3O. The summed E-state index contributed by atoms with van der Waals surface area (Å²) in [5, 5.41) is 6.51. The van der Waals surface area contributed by atoms with E-state index >= 15 is 0 Å². The van der Waals surface area contributed by atoms with Crippen molar-refractivity contribution in [2.45, 2.75) is 33.4 Å². The number of ether oxygens (including phenoxy) is 1. The highest BCUT2D eigenvalue weighted by molar-refractivity contribution is 5.79. The third-order valence-corrected chi connectivity index (χ3v) is 2.32. The van der Waals surface area contributed by atoms with Crippen LogP contribution in [0.2, 0.25) is 0 Å². The van der Waals surface area contributed by atoms with Crippen molar-refractivity contribution in [3.63, 3.8) is 0 Å². The van der Waals surface area contributed by atoms with Crippen molar-refractivity contribution in [3.05, 3.63) is 29.8 Å². The summed E-state index contributed by atoms with van der Waals surface area (Å²) in [6.45, 7) is 7.75. The monoisotopic (exact) mass is 249 g/mol. The fourth-order valence-electron chi connectivity index (χ4n) is 1.53. The minimum Gasteiger partial charge on any atom is -0.497 e. The molecule has 2 N–H and O–H groups in total. The lowest BCUT2D eigenvalue weighted by molar-refractivity contribution is 0.414. The summed E-state index contributed by atoms with van der Waals surface area (Å²) in [6.07, 6.45) is 0. The van der Waals surface area contributed by atoms with Gasteiger partial charge in [-0.3, -0.25) is 0 Å². The fraction of sp³-hybridized carbons (Fsp3) is 0.500. The molecular weight excluding hydrogens is 226 g/mol. The number of aliphatic imine (C=N–C) groups is 1. The van der Waals surface area contributed by atoms with Crippen molar-refractivity contribution in [2.24, 2.45) is 4.99 Å². The minimum absolute atomic E-state index is 0.369. The Labute approximate surface area is 109 Å². The maximum absolute atomic E-state index is 5.19. The van der Waals surface area contributed by atoms with Crippen LogP contribution in [0.4, 0.5) is 0 Å². The number of rotatable bonds is 5. The average Bonchev–Trinajstić information content (AvgIpc) is 2.36. The first-order valence-electron chi connectivity index (χ1n) is 6.33. The van der Waals surface area contributed by atoms with Gasteiger partial charge in [0.2, 0.25) is 0 Å². The quantitative estimate of drug-likeness (QED) is 0.621. The minimum atomic E-state index is 0.369. The molecule has 100 valence electrons. The smallest absolute Gasteiger partial charge is 0.191 e. The van der Waals surface area contributed by atoms with Crippen LogP contribution in [0.25, 0.3) is 0 Å². The standard InChI is InChI=1S/C14H23N3O/c1-5-15-14(17-11(2)3)16-10-12-7-6-8-13(9-12)18-4/h6-9,11H,5,10H2,1-4H3,(H2,15,16,17). The van der Waals surface area contributed by atoms with E-state index in [0.29, 0.717) is 12.6 Å². The largest absolute Gasteiger partial charge is 0.497 e. The van der Waals surface area contributed by atoms with Gasteiger partial charge in [0, 0.05) is 12.6 Å². The molecule has 0 heterocycles. The van der Waals surface area contributed by atoms with Crippen molar-refractivity contribution >= 4 is 5.96 Å². The molecule has 0 radical (unpaired) electrons. The lowest BCUT2D eigenvalue weighted by Gasteiger charge is -2.14. The van der Waals surface area contributed by atoms with Gasteiger partial charge in [-0.05, 0) is 38.5 Å². The predicted molar refractivity (Wildman–Crippen MR) is 76.1 cm³/mol. The second-order valence-corrected chi connectivity index (χ2v) is 4.35. The van der Waals surface area contributed by atoms with E-state index in [-0.39, 0.29) is 0 Å². The number of hydrogen-bond donors (Lipinski definition) is 2. The van der Waals surface area contributed by atoms with Gasteiger partial charge in [-0.2, -0.15) is 0 Å². The van der Waals surface area contributed by atoms with E-state index in [1.54, 1.807) is 7.11 Å². The van der Waals surface area contributed by atoms with Gasteiger partial charge in [0.15, 0.2) is 5.96 Å². The maximum atomic E-state index is 5.19. The summed E-state index contributed by atoms with van der Waals surface area (Å²) in [5.74, 6) is 1.71. The fourth-order valence-corrected chi connectivity index (χ4v) is 1.53. The predicted octanol–water partition coefficient (Wildman–Crippen LogP) is 2.16. The molecule has 0 saturated carbocycles. The molecule has 0 saturated heterocycles. The molecule has 0 aromatic heterocycles.